The summed E-state index contributed by atoms with van der Waals surface area (Å²) in [6.45, 7) is 0.813. The van der Waals surface area contributed by atoms with Crippen LogP contribution >= 0.6 is 7.75 Å². The minimum Gasteiger partial charge on any atom is -0.497 e. The SMILES string of the molecule is COc1ccc(OP(=O)(OC[C@H]2O[C@H](O)[C@H](NC(C)=O)[C@@H](O)[C@@H]2O)N2CCC[C@H]2C(=O)OCc2ccccc2)cc1. The first-order valence-electron chi connectivity index (χ1n) is 13.1. The van der Waals surface area contributed by atoms with E-state index in [1.165, 1.54) is 30.8 Å². The molecule has 0 aliphatic carbocycles. The molecule has 2 aliphatic rings. The smallest absolute Gasteiger partial charge is 0.462 e. The number of methoxy groups -OCH3 is 1. The van der Waals surface area contributed by atoms with Crippen LogP contribution in [0.25, 0.3) is 0 Å². The number of nitrogens with zero attached hydrogens (tertiary/aromatic N) is 1. The van der Waals surface area contributed by atoms with Crippen molar-refractivity contribution in [3.8, 4) is 11.5 Å². The molecule has 4 rings (SSSR count). The monoisotopic (exact) mass is 594 g/mol. The van der Waals surface area contributed by atoms with E-state index in [0.717, 1.165) is 5.56 Å². The Balaban J connectivity index is 1.52. The summed E-state index contributed by atoms with van der Waals surface area (Å²) in [5.41, 5.74) is 0.789. The van der Waals surface area contributed by atoms with Gasteiger partial charge in [0.1, 0.15) is 48.5 Å². The Morgan fingerprint density at radius 1 is 1.05 bits per heavy atom. The van der Waals surface area contributed by atoms with Crippen LogP contribution in [0.3, 0.4) is 0 Å². The number of nitrogens with one attached hydrogen (secondary N) is 1. The fraction of sp³-hybridized carbons (Fsp3) is 0.481. The fourth-order valence-electron chi connectivity index (χ4n) is 4.67. The maximum Gasteiger partial charge on any atom is 0.462 e. The number of ether oxygens (including phenoxy) is 3. The fourth-order valence-corrected chi connectivity index (χ4v) is 6.64. The average Bonchev–Trinajstić information content (AvgIpc) is 3.47. The lowest BCUT2D eigenvalue weighted by atomic mass is 9.97. The molecule has 1 unspecified atom stereocenters. The van der Waals surface area contributed by atoms with Gasteiger partial charge >= 0.3 is 13.7 Å². The first kappa shape index (κ1) is 30.9. The Bertz CT molecular complexity index is 1220. The number of esters is 1. The third kappa shape index (κ3) is 7.63. The summed E-state index contributed by atoms with van der Waals surface area (Å²) in [5.74, 6) is -0.456. The van der Waals surface area contributed by atoms with Crippen LogP contribution in [0.2, 0.25) is 0 Å². The van der Waals surface area contributed by atoms with Crippen molar-refractivity contribution < 1.29 is 52.7 Å². The number of hydrogen-bond acceptors (Lipinski definition) is 11. The van der Waals surface area contributed by atoms with E-state index in [0.29, 0.717) is 18.6 Å². The molecule has 2 aromatic carbocycles. The van der Waals surface area contributed by atoms with E-state index >= 15 is 0 Å². The van der Waals surface area contributed by atoms with Gasteiger partial charge in [-0.25, -0.2) is 4.57 Å². The molecule has 224 valence electrons. The van der Waals surface area contributed by atoms with Gasteiger partial charge in [-0.05, 0) is 42.7 Å². The molecule has 2 heterocycles. The number of carbonyl (C=O) groups is 2. The molecule has 0 saturated carbocycles. The van der Waals surface area contributed by atoms with Crippen LogP contribution in [-0.2, 0) is 34.8 Å². The van der Waals surface area contributed by atoms with E-state index in [-0.39, 0.29) is 18.9 Å². The number of amides is 1. The summed E-state index contributed by atoms with van der Waals surface area (Å²) in [4.78, 5) is 24.5. The van der Waals surface area contributed by atoms with Crippen molar-refractivity contribution in [1.29, 1.82) is 0 Å². The Hall–Kier alpha value is -3.03. The minimum absolute atomic E-state index is 0.0296. The van der Waals surface area contributed by atoms with Gasteiger partial charge in [0, 0.05) is 13.5 Å². The van der Waals surface area contributed by atoms with Gasteiger partial charge in [0.25, 0.3) is 0 Å². The molecular weight excluding hydrogens is 559 g/mol. The number of carbonyl (C=O) groups excluding carboxylic acids is 2. The van der Waals surface area contributed by atoms with Crippen molar-refractivity contribution >= 4 is 19.6 Å². The summed E-state index contributed by atoms with van der Waals surface area (Å²) >= 11 is 0. The molecule has 4 N–H and O–H groups in total. The Labute approximate surface area is 237 Å². The highest BCUT2D eigenvalue weighted by Gasteiger charge is 2.49. The highest BCUT2D eigenvalue weighted by molar-refractivity contribution is 7.51. The van der Waals surface area contributed by atoms with E-state index in [1.807, 2.05) is 30.3 Å². The summed E-state index contributed by atoms with van der Waals surface area (Å²) in [6.07, 6.45) is -5.40. The summed E-state index contributed by atoms with van der Waals surface area (Å²) < 4.78 is 43.3. The molecular formula is C27H35N2O11P. The zero-order chi connectivity index (χ0) is 29.6. The van der Waals surface area contributed by atoms with E-state index in [4.69, 9.17) is 23.3 Å². The lowest BCUT2D eigenvalue weighted by Gasteiger charge is -2.41. The van der Waals surface area contributed by atoms with Crippen LogP contribution < -0.4 is 14.6 Å². The van der Waals surface area contributed by atoms with Crippen LogP contribution in [-0.4, -0.2) is 88.8 Å². The van der Waals surface area contributed by atoms with Gasteiger partial charge in [-0.1, -0.05) is 30.3 Å². The molecule has 14 heteroatoms. The highest BCUT2D eigenvalue weighted by atomic mass is 31.2. The molecule has 41 heavy (non-hydrogen) atoms. The van der Waals surface area contributed by atoms with Crippen molar-refractivity contribution in [2.45, 2.75) is 63.1 Å². The molecule has 7 atom stereocenters. The number of aliphatic hydroxyl groups excluding tert-OH is 3. The van der Waals surface area contributed by atoms with Crippen molar-refractivity contribution in [3.63, 3.8) is 0 Å². The van der Waals surface area contributed by atoms with Gasteiger partial charge in [-0.3, -0.25) is 14.1 Å². The predicted molar refractivity (Wildman–Crippen MR) is 144 cm³/mol. The van der Waals surface area contributed by atoms with Crippen LogP contribution in [0.4, 0.5) is 0 Å². The molecule has 0 bridgehead atoms. The van der Waals surface area contributed by atoms with Gasteiger partial charge in [0.2, 0.25) is 5.91 Å². The quantitative estimate of drug-likeness (QED) is 0.218. The molecule has 2 fully saturated rings. The number of hydrogen-bond donors (Lipinski definition) is 4. The molecule has 2 aromatic rings. The predicted octanol–water partition coefficient (Wildman–Crippen LogP) is 1.35. The van der Waals surface area contributed by atoms with Crippen molar-refractivity contribution in [1.82, 2.24) is 9.99 Å². The number of benzene rings is 2. The van der Waals surface area contributed by atoms with Crippen LogP contribution in [0.15, 0.2) is 54.6 Å². The molecule has 13 nitrogen and oxygen atoms in total. The van der Waals surface area contributed by atoms with Crippen LogP contribution in [0.5, 0.6) is 11.5 Å². The summed E-state index contributed by atoms with van der Waals surface area (Å²) in [7, 11) is -2.83. The molecule has 2 saturated heterocycles. The van der Waals surface area contributed by atoms with Gasteiger partial charge in [-0.2, -0.15) is 4.67 Å². The van der Waals surface area contributed by atoms with E-state index in [2.05, 4.69) is 5.32 Å². The summed E-state index contributed by atoms with van der Waals surface area (Å²) in [5, 5.41) is 33.7. The van der Waals surface area contributed by atoms with Crippen molar-refractivity contribution in [3.05, 3.63) is 60.2 Å². The normalized spacial score (nSPS) is 27.9. The first-order chi connectivity index (χ1) is 19.6. The van der Waals surface area contributed by atoms with Gasteiger partial charge < -0.3 is 39.4 Å². The average molecular weight is 595 g/mol. The molecule has 0 radical (unpaired) electrons. The Morgan fingerprint density at radius 2 is 1.73 bits per heavy atom. The largest absolute Gasteiger partial charge is 0.497 e. The minimum atomic E-state index is -4.32. The van der Waals surface area contributed by atoms with Crippen LogP contribution in [0.1, 0.15) is 25.3 Å². The molecule has 0 aromatic heterocycles. The van der Waals surface area contributed by atoms with E-state index in [9.17, 15) is 29.5 Å². The van der Waals surface area contributed by atoms with Gasteiger partial charge in [0.15, 0.2) is 6.29 Å². The second-order valence-electron chi connectivity index (χ2n) is 9.72. The lowest BCUT2D eigenvalue weighted by molar-refractivity contribution is -0.252. The zero-order valence-electron chi connectivity index (χ0n) is 22.7. The zero-order valence-corrected chi connectivity index (χ0v) is 23.6. The van der Waals surface area contributed by atoms with Crippen molar-refractivity contribution in [2.24, 2.45) is 0 Å². The second-order valence-corrected chi connectivity index (χ2v) is 11.6. The van der Waals surface area contributed by atoms with E-state index < -0.39 is 62.9 Å². The second kappa shape index (κ2) is 13.8. The Morgan fingerprint density at radius 3 is 2.39 bits per heavy atom. The maximum atomic E-state index is 14.4. The van der Waals surface area contributed by atoms with Crippen molar-refractivity contribution in [2.75, 3.05) is 20.3 Å². The summed E-state index contributed by atoms with van der Waals surface area (Å²) in [6, 6.07) is 13.1. The van der Waals surface area contributed by atoms with Gasteiger partial charge in [0.05, 0.1) is 13.7 Å². The third-order valence-corrected chi connectivity index (χ3v) is 8.83. The molecule has 2 aliphatic heterocycles. The molecule has 1 amide bonds. The number of aliphatic hydroxyl groups is 3. The van der Waals surface area contributed by atoms with E-state index in [1.54, 1.807) is 12.1 Å². The van der Waals surface area contributed by atoms with Crippen LogP contribution in [0, 0.1) is 0 Å². The Kier molecular flexibility index (Phi) is 10.4. The van der Waals surface area contributed by atoms with Gasteiger partial charge in [-0.15, -0.1) is 0 Å². The lowest BCUT2D eigenvalue weighted by Crippen LogP contribution is -2.64. The highest BCUT2D eigenvalue weighted by Crippen LogP contribution is 2.55. The first-order valence-corrected chi connectivity index (χ1v) is 14.6. The third-order valence-electron chi connectivity index (χ3n) is 6.81. The molecule has 0 spiro atoms. The number of rotatable bonds is 11. The topological polar surface area (TPSA) is 173 Å². The standard InChI is InChI=1S/C27H35N2O11P/c1-17(30)28-23-25(32)24(31)22(39-27(23)34)16-38-41(35,40-20-12-10-19(36-2)11-13-20)29-14-6-9-21(29)26(33)37-15-18-7-4-3-5-8-18/h3-5,7-8,10-13,21-25,27,31-32,34H,6,9,14-16H2,1-2H3,(H,28,30)/t21-,22+,23+,24+,25+,27-,41?/m0/s1. The maximum absolute atomic E-state index is 14.4.